The summed E-state index contributed by atoms with van der Waals surface area (Å²) in [6.07, 6.45) is 1.32. The number of nitrogens with zero attached hydrogens (tertiary/aromatic N) is 2. The molecule has 1 atom stereocenters. The first-order chi connectivity index (χ1) is 10.1. The van der Waals surface area contributed by atoms with Gasteiger partial charge in [0.25, 0.3) is 0 Å². The predicted octanol–water partition coefficient (Wildman–Crippen LogP) is 4.07. The lowest BCUT2D eigenvalue weighted by Crippen LogP contribution is -2.60. The van der Waals surface area contributed by atoms with E-state index < -0.39 is 16.5 Å². The van der Waals surface area contributed by atoms with Crippen LogP contribution < -0.4 is 10.6 Å². The summed E-state index contributed by atoms with van der Waals surface area (Å²) in [5.74, 6) is 0.802. The molecule has 1 heterocycles. The van der Waals surface area contributed by atoms with Crippen molar-refractivity contribution in [2.24, 2.45) is 5.92 Å². The minimum absolute atomic E-state index is 0.802. The van der Waals surface area contributed by atoms with Crippen molar-refractivity contribution in [3.63, 3.8) is 0 Å². The van der Waals surface area contributed by atoms with Gasteiger partial charge in [0, 0.05) is 24.5 Å². The molecule has 1 fully saturated rings. The summed E-state index contributed by atoms with van der Waals surface area (Å²) < 4.78 is 2.93. The Morgan fingerprint density at radius 1 is 1.05 bits per heavy atom. The second-order valence-electron chi connectivity index (χ2n) is 8.64. The smallest absolute Gasteiger partial charge is 0.112 e. The number of hydrogen-bond acceptors (Lipinski definition) is 3. The Labute approximate surface area is 138 Å². The maximum absolute atomic E-state index is 5.80. The summed E-state index contributed by atoms with van der Waals surface area (Å²) in [6.45, 7) is 18.6. The molecule has 2 rings (SSSR count). The van der Waals surface area contributed by atoms with Crippen LogP contribution in [0.2, 0.25) is 39.3 Å². The molecule has 3 nitrogen and oxygen atoms in total. The van der Waals surface area contributed by atoms with Gasteiger partial charge in [-0.1, -0.05) is 39.3 Å². The van der Waals surface area contributed by atoms with Crippen LogP contribution in [0.15, 0.2) is 24.3 Å². The van der Waals surface area contributed by atoms with Crippen molar-refractivity contribution in [1.29, 1.82) is 0 Å². The van der Waals surface area contributed by atoms with Crippen molar-refractivity contribution in [1.82, 2.24) is 4.23 Å². The lowest BCUT2D eigenvalue weighted by Gasteiger charge is -2.45. The molecule has 0 saturated carbocycles. The molecule has 0 aliphatic carbocycles. The molecule has 0 spiro atoms. The van der Waals surface area contributed by atoms with E-state index in [1.54, 1.807) is 0 Å². The SMILES string of the molecule is C[Si](C)(C)N(CC1CCN(c2ccc(N)cc2)C1)[Si](C)(C)C. The van der Waals surface area contributed by atoms with Gasteiger partial charge in [0.2, 0.25) is 0 Å². The number of rotatable bonds is 5. The van der Waals surface area contributed by atoms with Gasteiger partial charge in [-0.2, -0.15) is 0 Å². The molecule has 124 valence electrons. The molecule has 1 saturated heterocycles. The first kappa shape index (κ1) is 17.6. The normalized spacial score (nSPS) is 20.0. The third-order valence-electron chi connectivity index (χ3n) is 4.60. The first-order valence-electron chi connectivity index (χ1n) is 8.45. The number of anilines is 2. The number of hydrogen-bond donors (Lipinski definition) is 1. The molecule has 1 aliphatic heterocycles. The molecule has 5 heteroatoms. The Bertz CT molecular complexity index is 474. The molecule has 0 bridgehead atoms. The maximum atomic E-state index is 5.80. The van der Waals surface area contributed by atoms with Gasteiger partial charge in [-0.15, -0.1) is 0 Å². The van der Waals surface area contributed by atoms with Crippen molar-refractivity contribution in [2.75, 3.05) is 30.3 Å². The van der Waals surface area contributed by atoms with Gasteiger partial charge in [0.05, 0.1) is 0 Å². The van der Waals surface area contributed by atoms with Crippen LogP contribution in [-0.2, 0) is 0 Å². The summed E-state index contributed by atoms with van der Waals surface area (Å²) in [4.78, 5) is 2.52. The Balaban J connectivity index is 2.02. The fraction of sp³-hybridized carbons (Fsp3) is 0.647. The molecular formula is C17H33N3Si2. The van der Waals surface area contributed by atoms with E-state index in [1.165, 1.54) is 31.7 Å². The van der Waals surface area contributed by atoms with E-state index >= 15 is 0 Å². The monoisotopic (exact) mass is 335 g/mol. The van der Waals surface area contributed by atoms with E-state index in [0.29, 0.717) is 0 Å². The summed E-state index contributed by atoms with van der Waals surface area (Å²) in [6, 6.07) is 8.34. The molecule has 1 aliphatic rings. The van der Waals surface area contributed by atoms with Crippen LogP contribution in [0.1, 0.15) is 6.42 Å². The number of nitrogen functional groups attached to an aromatic ring is 1. The second-order valence-corrected chi connectivity index (χ2v) is 18.9. The van der Waals surface area contributed by atoms with E-state index in [-0.39, 0.29) is 0 Å². The lowest BCUT2D eigenvalue weighted by molar-refractivity contribution is 0.466. The quantitative estimate of drug-likeness (QED) is 0.650. The third-order valence-corrected chi connectivity index (χ3v) is 12.2. The van der Waals surface area contributed by atoms with Crippen LogP contribution in [0.5, 0.6) is 0 Å². The average Bonchev–Trinajstić information content (AvgIpc) is 2.83. The Morgan fingerprint density at radius 2 is 1.59 bits per heavy atom. The summed E-state index contributed by atoms with van der Waals surface area (Å²) in [5, 5.41) is 0. The van der Waals surface area contributed by atoms with Gasteiger partial charge in [-0.05, 0) is 43.1 Å². The number of nitrogens with two attached hydrogens (primary N) is 1. The zero-order valence-electron chi connectivity index (χ0n) is 15.2. The van der Waals surface area contributed by atoms with E-state index in [9.17, 15) is 0 Å². The minimum Gasteiger partial charge on any atom is -0.399 e. The average molecular weight is 336 g/mol. The van der Waals surface area contributed by atoms with Gasteiger partial charge in [0.15, 0.2) is 0 Å². The Hall–Kier alpha value is -0.786. The van der Waals surface area contributed by atoms with E-state index in [1.807, 2.05) is 12.1 Å². The standard InChI is InChI=1S/C17H33N3Si2/c1-21(2,3)20(22(4,5)6)14-15-11-12-19(13-15)17-9-7-16(18)8-10-17/h7-10,15H,11-14,18H2,1-6H3. The highest BCUT2D eigenvalue weighted by Gasteiger charge is 2.37. The molecule has 1 unspecified atom stereocenters. The van der Waals surface area contributed by atoms with E-state index in [2.05, 4.69) is 60.5 Å². The molecule has 0 aromatic heterocycles. The van der Waals surface area contributed by atoms with Gasteiger partial charge in [-0.3, -0.25) is 0 Å². The molecule has 2 N–H and O–H groups in total. The van der Waals surface area contributed by atoms with Crippen molar-refractivity contribution >= 4 is 27.8 Å². The summed E-state index contributed by atoms with van der Waals surface area (Å²) >= 11 is 0. The zero-order valence-corrected chi connectivity index (χ0v) is 17.2. The van der Waals surface area contributed by atoms with E-state index in [0.717, 1.165) is 11.6 Å². The Morgan fingerprint density at radius 3 is 2.09 bits per heavy atom. The highest BCUT2D eigenvalue weighted by atomic mass is 28.4. The van der Waals surface area contributed by atoms with Crippen LogP contribution in [0.4, 0.5) is 11.4 Å². The summed E-state index contributed by atoms with van der Waals surface area (Å²) in [7, 11) is -2.48. The van der Waals surface area contributed by atoms with Gasteiger partial charge < -0.3 is 14.9 Å². The molecular weight excluding hydrogens is 302 g/mol. The highest BCUT2D eigenvalue weighted by Crippen LogP contribution is 2.28. The van der Waals surface area contributed by atoms with Crippen LogP contribution >= 0.6 is 0 Å². The van der Waals surface area contributed by atoms with Gasteiger partial charge in [0.1, 0.15) is 16.5 Å². The predicted molar refractivity (Wildman–Crippen MR) is 105 cm³/mol. The van der Waals surface area contributed by atoms with Crippen LogP contribution in [0.25, 0.3) is 0 Å². The molecule has 0 radical (unpaired) electrons. The largest absolute Gasteiger partial charge is 0.399 e. The fourth-order valence-corrected chi connectivity index (χ4v) is 13.4. The first-order valence-corrected chi connectivity index (χ1v) is 15.3. The van der Waals surface area contributed by atoms with E-state index in [4.69, 9.17) is 5.73 Å². The summed E-state index contributed by atoms with van der Waals surface area (Å²) in [5.41, 5.74) is 7.97. The molecule has 1 aromatic rings. The topological polar surface area (TPSA) is 32.5 Å². The van der Waals surface area contributed by atoms with Crippen LogP contribution in [0.3, 0.4) is 0 Å². The van der Waals surface area contributed by atoms with Crippen LogP contribution in [0, 0.1) is 5.92 Å². The third kappa shape index (κ3) is 4.36. The van der Waals surface area contributed by atoms with Gasteiger partial charge >= 0.3 is 0 Å². The molecule has 1 aromatic carbocycles. The Kier molecular flexibility index (Phi) is 5.09. The highest BCUT2D eigenvalue weighted by molar-refractivity contribution is 6.89. The van der Waals surface area contributed by atoms with Crippen molar-refractivity contribution in [2.45, 2.75) is 45.7 Å². The second kappa shape index (κ2) is 6.37. The lowest BCUT2D eigenvalue weighted by atomic mass is 10.1. The van der Waals surface area contributed by atoms with Crippen molar-refractivity contribution < 1.29 is 0 Å². The van der Waals surface area contributed by atoms with Crippen molar-refractivity contribution in [3.8, 4) is 0 Å². The fourth-order valence-electron chi connectivity index (χ4n) is 3.71. The maximum Gasteiger partial charge on any atom is 0.112 e. The molecule has 0 amide bonds. The van der Waals surface area contributed by atoms with Crippen molar-refractivity contribution in [3.05, 3.63) is 24.3 Å². The van der Waals surface area contributed by atoms with Gasteiger partial charge in [-0.25, -0.2) is 0 Å². The molecule has 22 heavy (non-hydrogen) atoms. The zero-order chi connectivity index (χ0) is 16.5. The van der Waals surface area contributed by atoms with Crippen LogP contribution in [-0.4, -0.2) is 40.3 Å². The number of benzene rings is 1. The minimum atomic E-state index is -1.24.